The number of hydrogen-bond acceptors (Lipinski definition) is 6. The predicted molar refractivity (Wildman–Crippen MR) is 107 cm³/mol. The first-order valence-electron chi connectivity index (χ1n) is 9.79. The second-order valence-electron chi connectivity index (χ2n) is 6.78. The summed E-state index contributed by atoms with van der Waals surface area (Å²) >= 11 is 0. The van der Waals surface area contributed by atoms with Crippen LogP contribution in [0.4, 0.5) is 13.2 Å². The van der Waals surface area contributed by atoms with E-state index in [1.807, 2.05) is 0 Å². The van der Waals surface area contributed by atoms with Crippen LogP contribution in [0.1, 0.15) is 36.5 Å². The summed E-state index contributed by atoms with van der Waals surface area (Å²) in [5.41, 5.74) is 0.00461. The summed E-state index contributed by atoms with van der Waals surface area (Å²) < 4.78 is 52.6. The van der Waals surface area contributed by atoms with E-state index in [0.717, 1.165) is 32.7 Å². The van der Waals surface area contributed by atoms with Gasteiger partial charge in [0.15, 0.2) is 6.61 Å². The molecule has 1 aliphatic heterocycles. The highest BCUT2D eigenvalue weighted by molar-refractivity contribution is 5.97. The quantitative estimate of drug-likeness (QED) is 0.497. The molecule has 11 heteroatoms. The molecule has 2 rings (SSSR count). The monoisotopic (exact) mass is 450 g/mol. The molecule has 1 heterocycles. The molecule has 1 fully saturated rings. The Morgan fingerprint density at radius 2 is 1.94 bits per heavy atom. The largest absolute Gasteiger partial charge is 0.491 e. The summed E-state index contributed by atoms with van der Waals surface area (Å²) in [6.07, 6.45) is -1.37. The normalized spacial score (nSPS) is 16.0. The molecule has 0 spiro atoms. The average molecular weight is 450 g/mol. The van der Waals surface area contributed by atoms with Crippen LogP contribution in [-0.4, -0.2) is 69.2 Å². The Hall–Kier alpha value is -2.53. The van der Waals surface area contributed by atoms with Gasteiger partial charge >= 0.3 is 6.18 Å². The van der Waals surface area contributed by atoms with E-state index in [9.17, 15) is 18.0 Å². The van der Waals surface area contributed by atoms with Crippen LogP contribution in [0.25, 0.3) is 0 Å². The summed E-state index contributed by atoms with van der Waals surface area (Å²) in [5, 5.41) is 13.5. The lowest BCUT2D eigenvalue weighted by Gasteiger charge is -2.24. The Bertz CT molecular complexity index is 690. The molecular formula is C20H29F3N2O6. The highest BCUT2D eigenvalue weighted by Gasteiger charge is 2.29. The molecule has 8 nitrogen and oxygen atoms in total. The molecule has 1 unspecified atom stereocenters. The minimum Gasteiger partial charge on any atom is -0.491 e. The number of alkyl halides is 3. The Kier molecular flexibility index (Phi) is 11.7. The molecule has 176 valence electrons. The predicted octanol–water partition coefficient (Wildman–Crippen LogP) is 2.62. The van der Waals surface area contributed by atoms with E-state index in [2.05, 4.69) is 10.6 Å². The number of carbonyl (C=O) groups is 2. The van der Waals surface area contributed by atoms with Gasteiger partial charge in [-0.1, -0.05) is 6.42 Å². The van der Waals surface area contributed by atoms with E-state index in [1.165, 1.54) is 25.3 Å². The number of ether oxygens (including phenoxy) is 3. The minimum atomic E-state index is -4.49. The number of carbonyl (C=O) groups excluding carboxylic acids is 1. The van der Waals surface area contributed by atoms with Crippen LogP contribution in [0.5, 0.6) is 11.5 Å². The second-order valence-corrected chi connectivity index (χ2v) is 6.78. The number of nitrogens with one attached hydrogen (secondary N) is 2. The van der Waals surface area contributed by atoms with Crippen molar-refractivity contribution < 1.29 is 42.1 Å². The fraction of sp³-hybridized carbons (Fsp3) is 0.600. The molecule has 1 aromatic carbocycles. The van der Waals surface area contributed by atoms with E-state index in [-0.39, 0.29) is 24.0 Å². The number of benzene rings is 1. The number of rotatable bonds is 9. The second kappa shape index (κ2) is 13.7. The first kappa shape index (κ1) is 26.5. The van der Waals surface area contributed by atoms with Gasteiger partial charge in [0.05, 0.1) is 12.2 Å². The zero-order chi connectivity index (χ0) is 23.3. The molecule has 0 radical (unpaired) electrons. The van der Waals surface area contributed by atoms with Gasteiger partial charge in [-0.15, -0.1) is 0 Å². The van der Waals surface area contributed by atoms with E-state index >= 15 is 0 Å². The van der Waals surface area contributed by atoms with Crippen LogP contribution < -0.4 is 20.1 Å². The number of piperidine rings is 1. The van der Waals surface area contributed by atoms with Crippen molar-refractivity contribution in [1.82, 2.24) is 10.6 Å². The third-order valence-corrected chi connectivity index (χ3v) is 4.06. The number of methoxy groups -OCH3 is 1. The lowest BCUT2D eigenvalue weighted by atomic mass is 10.0. The van der Waals surface area contributed by atoms with Crippen LogP contribution in [0, 0.1) is 0 Å². The van der Waals surface area contributed by atoms with Crippen molar-refractivity contribution in [1.29, 1.82) is 0 Å². The van der Waals surface area contributed by atoms with Gasteiger partial charge in [-0.3, -0.25) is 9.59 Å². The number of aliphatic carboxylic acids is 1. The van der Waals surface area contributed by atoms with Crippen molar-refractivity contribution in [3.63, 3.8) is 0 Å². The topological polar surface area (TPSA) is 106 Å². The van der Waals surface area contributed by atoms with Gasteiger partial charge in [0.1, 0.15) is 18.1 Å². The maximum absolute atomic E-state index is 12.5. The Morgan fingerprint density at radius 3 is 2.52 bits per heavy atom. The van der Waals surface area contributed by atoms with Gasteiger partial charge in [-0.2, -0.15) is 13.2 Å². The van der Waals surface area contributed by atoms with Gasteiger partial charge in [-0.25, -0.2) is 0 Å². The first-order valence-corrected chi connectivity index (χ1v) is 9.79. The van der Waals surface area contributed by atoms with Gasteiger partial charge in [0.2, 0.25) is 0 Å². The Balaban J connectivity index is 0.00000110. The molecule has 0 bridgehead atoms. The van der Waals surface area contributed by atoms with Crippen molar-refractivity contribution >= 4 is 11.9 Å². The van der Waals surface area contributed by atoms with Crippen molar-refractivity contribution in [2.45, 2.75) is 38.4 Å². The van der Waals surface area contributed by atoms with Crippen molar-refractivity contribution in [2.24, 2.45) is 0 Å². The number of carboxylic acid groups (broad SMARTS) is 1. The van der Waals surface area contributed by atoms with Gasteiger partial charge in [-0.05, 0) is 37.6 Å². The molecule has 0 saturated carbocycles. The van der Waals surface area contributed by atoms with Crippen molar-refractivity contribution in [3.05, 3.63) is 23.8 Å². The summed E-state index contributed by atoms with van der Waals surface area (Å²) in [6, 6.07) is 4.30. The van der Waals surface area contributed by atoms with E-state index < -0.39 is 24.7 Å². The standard InChI is InChI=1S/C18H25F3N2O4.C2H4O2/c1-25-8-9-26-14-5-6-16(27-12-18(19,20)21)15(10-14)17(24)23-11-13-4-2-3-7-22-13;1-2(3)4/h5-6,10,13,22H,2-4,7-9,11-12H2,1H3,(H,23,24);1H3,(H,3,4). The first-order chi connectivity index (χ1) is 14.6. The molecule has 3 N–H and O–H groups in total. The minimum absolute atomic E-state index is 0.00461. The Morgan fingerprint density at radius 1 is 1.23 bits per heavy atom. The molecule has 1 aliphatic rings. The zero-order valence-electron chi connectivity index (χ0n) is 17.6. The molecule has 1 atom stereocenters. The summed E-state index contributed by atoms with van der Waals surface area (Å²) in [7, 11) is 1.52. The van der Waals surface area contributed by atoms with E-state index in [1.54, 1.807) is 0 Å². The molecule has 31 heavy (non-hydrogen) atoms. The Labute approximate surface area is 179 Å². The molecule has 0 aromatic heterocycles. The fourth-order valence-electron chi connectivity index (χ4n) is 2.71. The lowest BCUT2D eigenvalue weighted by Crippen LogP contribution is -2.43. The highest BCUT2D eigenvalue weighted by atomic mass is 19.4. The lowest BCUT2D eigenvalue weighted by molar-refractivity contribution is -0.153. The van der Waals surface area contributed by atoms with Crippen molar-refractivity contribution in [2.75, 3.05) is 40.0 Å². The third-order valence-electron chi connectivity index (χ3n) is 4.06. The SMILES string of the molecule is CC(=O)O.COCCOc1ccc(OCC(F)(F)F)c(C(=O)NCC2CCCCN2)c1. The summed E-state index contributed by atoms with van der Waals surface area (Å²) in [4.78, 5) is 21.5. The summed E-state index contributed by atoms with van der Waals surface area (Å²) in [6.45, 7) is 1.50. The van der Waals surface area contributed by atoms with Gasteiger partial charge in [0.25, 0.3) is 11.9 Å². The van der Waals surface area contributed by atoms with Crippen LogP contribution in [0.2, 0.25) is 0 Å². The molecular weight excluding hydrogens is 421 g/mol. The maximum Gasteiger partial charge on any atom is 0.422 e. The number of hydrogen-bond donors (Lipinski definition) is 3. The average Bonchev–Trinajstić information content (AvgIpc) is 2.71. The number of halogens is 3. The van der Waals surface area contributed by atoms with Gasteiger partial charge < -0.3 is 30.0 Å². The van der Waals surface area contributed by atoms with Crippen LogP contribution in [-0.2, 0) is 9.53 Å². The highest BCUT2D eigenvalue weighted by Crippen LogP contribution is 2.26. The molecule has 1 saturated heterocycles. The fourth-order valence-corrected chi connectivity index (χ4v) is 2.71. The van der Waals surface area contributed by atoms with E-state index in [4.69, 9.17) is 24.1 Å². The molecule has 0 aliphatic carbocycles. The van der Waals surface area contributed by atoms with Crippen LogP contribution in [0.3, 0.4) is 0 Å². The summed E-state index contributed by atoms with van der Waals surface area (Å²) in [5.74, 6) is -1.12. The maximum atomic E-state index is 12.5. The van der Waals surface area contributed by atoms with Crippen LogP contribution >= 0.6 is 0 Å². The molecule has 1 aromatic rings. The zero-order valence-corrected chi connectivity index (χ0v) is 17.6. The third kappa shape index (κ3) is 12.0. The number of amides is 1. The molecule has 1 amide bonds. The van der Waals surface area contributed by atoms with E-state index in [0.29, 0.717) is 18.9 Å². The van der Waals surface area contributed by atoms with Crippen molar-refractivity contribution in [3.8, 4) is 11.5 Å². The smallest absolute Gasteiger partial charge is 0.422 e. The van der Waals surface area contributed by atoms with Gasteiger partial charge in [0, 0.05) is 26.6 Å². The number of carboxylic acids is 1. The van der Waals surface area contributed by atoms with Crippen LogP contribution in [0.15, 0.2) is 18.2 Å².